The first-order chi connectivity index (χ1) is 20.3. The number of amides is 3. The predicted octanol–water partition coefficient (Wildman–Crippen LogP) is 4.90. The SMILES string of the molecule is C=CCN(CCCCC)C(=O)C1N([C@@H](CO)[C@@H](C)CC)C(=O)[C@@H]2[C@H](C(=O)N(CC=C)Cc3ccccc3)[C@@H]3CCC12S3. The second-order valence-corrected chi connectivity index (χ2v) is 13.8. The summed E-state index contributed by atoms with van der Waals surface area (Å²) in [5, 5.41) is 10.6. The average Bonchev–Trinajstić information content (AvgIpc) is 3.64. The number of hydrogen-bond acceptors (Lipinski definition) is 5. The van der Waals surface area contributed by atoms with E-state index in [1.807, 2.05) is 54.0 Å². The number of aliphatic hydroxyl groups excluding tert-OH is 1. The smallest absolute Gasteiger partial charge is 0.247 e. The zero-order valence-electron chi connectivity index (χ0n) is 25.6. The first kappa shape index (κ1) is 32.3. The second kappa shape index (κ2) is 14.3. The normalized spacial score (nSPS) is 27.4. The third-order valence-corrected chi connectivity index (χ3v) is 11.6. The molecule has 3 heterocycles. The van der Waals surface area contributed by atoms with Crippen LogP contribution in [0.2, 0.25) is 0 Å². The molecule has 4 rings (SSSR count). The van der Waals surface area contributed by atoms with Gasteiger partial charge < -0.3 is 19.8 Å². The van der Waals surface area contributed by atoms with Gasteiger partial charge in [0, 0.05) is 31.4 Å². The van der Waals surface area contributed by atoms with Crippen LogP contribution in [0, 0.1) is 17.8 Å². The highest BCUT2D eigenvalue weighted by Crippen LogP contribution is 2.67. The molecule has 7 nitrogen and oxygen atoms in total. The van der Waals surface area contributed by atoms with E-state index < -0.39 is 28.7 Å². The van der Waals surface area contributed by atoms with Crippen LogP contribution in [0.1, 0.15) is 64.9 Å². The zero-order valence-corrected chi connectivity index (χ0v) is 26.4. The van der Waals surface area contributed by atoms with E-state index in [1.54, 1.807) is 28.8 Å². The van der Waals surface area contributed by atoms with E-state index in [9.17, 15) is 19.5 Å². The number of aliphatic hydroxyl groups is 1. The zero-order chi connectivity index (χ0) is 30.4. The molecular formula is C34H49N3O4S. The van der Waals surface area contributed by atoms with Gasteiger partial charge in [-0.15, -0.1) is 24.9 Å². The Morgan fingerprint density at radius 3 is 2.43 bits per heavy atom. The lowest BCUT2D eigenvalue weighted by atomic mass is 9.70. The molecule has 8 heteroatoms. The first-order valence-corrected chi connectivity index (χ1v) is 16.6. The number of nitrogens with zero attached hydrogens (tertiary/aromatic N) is 3. The molecular weight excluding hydrogens is 546 g/mol. The molecule has 0 saturated carbocycles. The summed E-state index contributed by atoms with van der Waals surface area (Å²) in [4.78, 5) is 48.9. The monoisotopic (exact) mass is 595 g/mol. The van der Waals surface area contributed by atoms with E-state index in [0.29, 0.717) is 32.6 Å². The fraction of sp³-hybridized carbons (Fsp3) is 0.618. The van der Waals surface area contributed by atoms with E-state index in [1.165, 1.54) is 0 Å². The summed E-state index contributed by atoms with van der Waals surface area (Å²) in [5.74, 6) is -1.36. The van der Waals surface area contributed by atoms with Crippen LogP contribution in [0.15, 0.2) is 55.6 Å². The van der Waals surface area contributed by atoms with Gasteiger partial charge in [-0.3, -0.25) is 14.4 Å². The maximum Gasteiger partial charge on any atom is 0.247 e. The van der Waals surface area contributed by atoms with Crippen LogP contribution < -0.4 is 0 Å². The van der Waals surface area contributed by atoms with Crippen LogP contribution in [0.3, 0.4) is 0 Å². The minimum absolute atomic E-state index is 0.00381. The molecule has 3 aliphatic rings. The lowest BCUT2D eigenvalue weighted by molar-refractivity contribution is -0.148. The van der Waals surface area contributed by atoms with Crippen molar-refractivity contribution >= 4 is 29.5 Å². The number of unbranched alkanes of at least 4 members (excludes halogenated alkanes) is 2. The van der Waals surface area contributed by atoms with E-state index in [0.717, 1.165) is 37.7 Å². The standard InChI is InChI=1S/C34H49N3O4S/c1-6-10-14-21-35(19-7-2)33(41)30-34-18-17-27(42-34)28(29(34)32(40)37(30)26(23-38)24(5)9-4)31(39)36(20-8-3)22-25-15-12-11-13-16-25/h7-8,11-13,15-16,24,26-30,38H,2-3,6,9-10,14,17-23H2,1,4-5H3/t24-,26-,27-,28+,29-,30?,34?/m0/s1. The second-order valence-electron chi connectivity index (χ2n) is 12.2. The Labute approximate surface area is 256 Å². The molecule has 3 aliphatic heterocycles. The van der Waals surface area contributed by atoms with Gasteiger partial charge in [0.25, 0.3) is 0 Å². The van der Waals surface area contributed by atoms with Crippen LogP contribution in [0.4, 0.5) is 0 Å². The Balaban J connectivity index is 1.74. The Bertz CT molecular complexity index is 1130. The third kappa shape index (κ3) is 5.94. The van der Waals surface area contributed by atoms with Crippen LogP contribution in [0.5, 0.6) is 0 Å². The fourth-order valence-corrected chi connectivity index (χ4v) is 9.59. The lowest BCUT2D eigenvalue weighted by Gasteiger charge is -2.41. The molecule has 0 aromatic heterocycles. The van der Waals surface area contributed by atoms with Crippen molar-refractivity contribution in [2.45, 2.75) is 87.9 Å². The molecule has 1 N–H and O–H groups in total. The minimum atomic E-state index is -0.711. The Morgan fingerprint density at radius 2 is 1.81 bits per heavy atom. The number of carbonyl (C=O) groups excluding carboxylic acids is 3. The number of benzene rings is 1. The summed E-state index contributed by atoms with van der Waals surface area (Å²) >= 11 is 1.69. The molecule has 3 saturated heterocycles. The molecule has 3 amide bonds. The van der Waals surface area contributed by atoms with Gasteiger partial charge in [0.05, 0.1) is 29.2 Å². The predicted molar refractivity (Wildman–Crippen MR) is 170 cm³/mol. The van der Waals surface area contributed by atoms with Gasteiger partial charge in [0.1, 0.15) is 6.04 Å². The number of likely N-dealkylation sites (tertiary alicyclic amines) is 1. The van der Waals surface area contributed by atoms with Crippen LogP contribution in [-0.4, -0.2) is 85.8 Å². The maximum atomic E-state index is 14.6. The maximum absolute atomic E-state index is 14.6. The highest BCUT2D eigenvalue weighted by atomic mass is 32.2. The van der Waals surface area contributed by atoms with Crippen LogP contribution in [-0.2, 0) is 20.9 Å². The van der Waals surface area contributed by atoms with E-state index in [4.69, 9.17) is 0 Å². The summed E-state index contributed by atoms with van der Waals surface area (Å²) in [6.45, 7) is 15.6. The van der Waals surface area contributed by atoms with Crippen LogP contribution >= 0.6 is 11.8 Å². The quantitative estimate of drug-likeness (QED) is 0.217. The molecule has 42 heavy (non-hydrogen) atoms. The van der Waals surface area contributed by atoms with Crippen molar-refractivity contribution in [2.24, 2.45) is 17.8 Å². The molecule has 2 bridgehead atoms. The lowest BCUT2D eigenvalue weighted by Crippen LogP contribution is -2.58. The summed E-state index contributed by atoms with van der Waals surface area (Å²) in [6, 6.07) is 8.68. The molecule has 3 fully saturated rings. The highest BCUT2D eigenvalue weighted by molar-refractivity contribution is 8.02. The van der Waals surface area contributed by atoms with Gasteiger partial charge >= 0.3 is 0 Å². The molecule has 2 unspecified atom stereocenters. The van der Waals surface area contributed by atoms with E-state index >= 15 is 0 Å². The van der Waals surface area contributed by atoms with Crippen molar-refractivity contribution in [2.75, 3.05) is 26.2 Å². The van der Waals surface area contributed by atoms with Crippen molar-refractivity contribution in [3.8, 4) is 0 Å². The number of hydrogen-bond donors (Lipinski definition) is 1. The Morgan fingerprint density at radius 1 is 1.12 bits per heavy atom. The fourth-order valence-electron chi connectivity index (χ4n) is 7.40. The molecule has 0 aliphatic carbocycles. The molecule has 1 aromatic carbocycles. The van der Waals surface area contributed by atoms with Crippen molar-refractivity contribution in [1.82, 2.24) is 14.7 Å². The van der Waals surface area contributed by atoms with Crippen molar-refractivity contribution in [3.63, 3.8) is 0 Å². The number of fused-ring (bicyclic) bond motifs is 1. The summed E-state index contributed by atoms with van der Waals surface area (Å²) in [5.41, 5.74) is 1.02. The molecule has 0 radical (unpaired) electrons. The minimum Gasteiger partial charge on any atom is -0.394 e. The van der Waals surface area contributed by atoms with Gasteiger partial charge in [-0.05, 0) is 30.7 Å². The number of carbonyl (C=O) groups is 3. The van der Waals surface area contributed by atoms with Gasteiger partial charge in [-0.2, -0.15) is 0 Å². The average molecular weight is 596 g/mol. The largest absolute Gasteiger partial charge is 0.394 e. The number of thioether (sulfide) groups is 1. The van der Waals surface area contributed by atoms with E-state index in [-0.39, 0.29) is 35.5 Å². The van der Waals surface area contributed by atoms with Gasteiger partial charge in [0.2, 0.25) is 17.7 Å². The Kier molecular flexibility index (Phi) is 11.0. The van der Waals surface area contributed by atoms with Crippen molar-refractivity contribution in [1.29, 1.82) is 0 Å². The molecule has 1 spiro atoms. The van der Waals surface area contributed by atoms with Crippen molar-refractivity contribution < 1.29 is 19.5 Å². The van der Waals surface area contributed by atoms with Crippen molar-refractivity contribution in [3.05, 3.63) is 61.2 Å². The number of rotatable bonds is 16. The molecule has 230 valence electrons. The van der Waals surface area contributed by atoms with E-state index in [2.05, 4.69) is 20.1 Å². The molecule has 7 atom stereocenters. The first-order valence-electron chi connectivity index (χ1n) is 15.7. The van der Waals surface area contributed by atoms with Gasteiger partial charge in [0.15, 0.2) is 0 Å². The third-order valence-electron chi connectivity index (χ3n) is 9.67. The summed E-state index contributed by atoms with van der Waals surface area (Å²) < 4.78 is -0.684. The summed E-state index contributed by atoms with van der Waals surface area (Å²) in [7, 11) is 0. The highest BCUT2D eigenvalue weighted by Gasteiger charge is 2.74. The summed E-state index contributed by atoms with van der Waals surface area (Å²) in [6.07, 6.45) is 8.70. The Hall–Kier alpha value is -2.58. The topological polar surface area (TPSA) is 81.2 Å². The van der Waals surface area contributed by atoms with Gasteiger partial charge in [-0.25, -0.2) is 0 Å². The van der Waals surface area contributed by atoms with Crippen LogP contribution in [0.25, 0.3) is 0 Å². The van der Waals surface area contributed by atoms with Gasteiger partial charge in [-0.1, -0.05) is 82.5 Å². The molecule has 1 aromatic rings.